The molecule has 0 aliphatic heterocycles. The number of halogens is 3. The largest absolute Gasteiger partial charge is 0.391 e. The van der Waals surface area contributed by atoms with Gasteiger partial charge in [0.05, 0.1) is 5.92 Å². The lowest BCUT2D eigenvalue weighted by atomic mass is 9.67. The van der Waals surface area contributed by atoms with Gasteiger partial charge in [-0.2, -0.15) is 13.2 Å². The fourth-order valence-electron chi connectivity index (χ4n) is 5.01. The van der Waals surface area contributed by atoms with Crippen LogP contribution in [0, 0.1) is 29.6 Å². The molecule has 21 heavy (non-hydrogen) atoms. The third-order valence-corrected chi connectivity index (χ3v) is 5.74. The minimum atomic E-state index is -4.01. The minimum absolute atomic E-state index is 0.192. The average Bonchev–Trinajstić information content (AvgIpc) is 2.38. The molecule has 5 unspecified atom stereocenters. The van der Waals surface area contributed by atoms with E-state index in [1.165, 1.54) is 19.3 Å². The van der Waals surface area contributed by atoms with Crippen molar-refractivity contribution in [3.05, 3.63) is 0 Å². The summed E-state index contributed by atoms with van der Waals surface area (Å²) in [5, 5.41) is 3.39. The fourth-order valence-corrected chi connectivity index (χ4v) is 5.01. The first-order chi connectivity index (χ1) is 9.81. The summed E-state index contributed by atoms with van der Waals surface area (Å²) in [6, 6.07) is 0.264. The van der Waals surface area contributed by atoms with Gasteiger partial charge in [-0.1, -0.05) is 20.3 Å². The van der Waals surface area contributed by atoms with Crippen LogP contribution < -0.4 is 5.32 Å². The molecule has 2 aliphatic carbocycles. The molecule has 2 rings (SSSR count). The molecule has 4 heteroatoms. The first-order valence-electron chi connectivity index (χ1n) is 8.55. The van der Waals surface area contributed by atoms with Crippen molar-refractivity contribution in [3.8, 4) is 0 Å². The summed E-state index contributed by atoms with van der Waals surface area (Å²) in [5.74, 6) is 1.07. The van der Waals surface area contributed by atoms with Gasteiger partial charge in [0.15, 0.2) is 0 Å². The van der Waals surface area contributed by atoms with E-state index >= 15 is 0 Å². The van der Waals surface area contributed by atoms with Crippen molar-refractivity contribution in [2.45, 2.75) is 71.0 Å². The van der Waals surface area contributed by atoms with Crippen LogP contribution in [0.25, 0.3) is 0 Å². The minimum Gasteiger partial charge on any atom is -0.316 e. The highest BCUT2D eigenvalue weighted by Gasteiger charge is 2.44. The Kier molecular flexibility index (Phi) is 5.61. The molecule has 124 valence electrons. The molecule has 0 aromatic carbocycles. The van der Waals surface area contributed by atoms with E-state index < -0.39 is 12.1 Å². The predicted octanol–water partition coefficient (Wildman–Crippen LogP) is 5.02. The van der Waals surface area contributed by atoms with Crippen LogP contribution in [-0.2, 0) is 0 Å². The Bertz CT molecular complexity index is 318. The molecule has 0 bridgehead atoms. The molecule has 0 heterocycles. The van der Waals surface area contributed by atoms with Crippen molar-refractivity contribution in [1.29, 1.82) is 0 Å². The highest BCUT2D eigenvalue weighted by molar-refractivity contribution is 4.91. The molecule has 0 aromatic heterocycles. The molecule has 0 saturated heterocycles. The van der Waals surface area contributed by atoms with Crippen molar-refractivity contribution in [3.63, 3.8) is 0 Å². The van der Waals surface area contributed by atoms with Gasteiger partial charge in [-0.25, -0.2) is 0 Å². The van der Waals surface area contributed by atoms with E-state index in [0.29, 0.717) is 30.6 Å². The number of alkyl halides is 3. The second-order valence-electron chi connectivity index (χ2n) is 7.66. The fraction of sp³-hybridized carbons (Fsp3) is 1.00. The lowest BCUT2D eigenvalue weighted by molar-refractivity contribution is -0.187. The zero-order valence-corrected chi connectivity index (χ0v) is 13.5. The van der Waals surface area contributed by atoms with Gasteiger partial charge in [-0.3, -0.25) is 0 Å². The maximum Gasteiger partial charge on any atom is 0.391 e. The molecule has 1 nitrogen and oxygen atoms in total. The first kappa shape index (κ1) is 17.1. The number of hydrogen-bond donors (Lipinski definition) is 1. The van der Waals surface area contributed by atoms with Crippen LogP contribution in [0.15, 0.2) is 0 Å². The van der Waals surface area contributed by atoms with Gasteiger partial charge in [-0.15, -0.1) is 0 Å². The molecule has 0 spiro atoms. The van der Waals surface area contributed by atoms with Crippen LogP contribution in [0.5, 0.6) is 0 Å². The maximum atomic E-state index is 13.0. The molecule has 0 radical (unpaired) electrons. The summed E-state index contributed by atoms with van der Waals surface area (Å²) in [6.45, 7) is 4.57. The van der Waals surface area contributed by atoms with Crippen LogP contribution >= 0.6 is 0 Å². The molecule has 2 aliphatic rings. The Morgan fingerprint density at radius 3 is 2.05 bits per heavy atom. The Morgan fingerprint density at radius 1 is 0.905 bits per heavy atom. The topological polar surface area (TPSA) is 12.0 Å². The van der Waals surface area contributed by atoms with Crippen LogP contribution in [0.3, 0.4) is 0 Å². The highest BCUT2D eigenvalue weighted by atomic mass is 19.4. The van der Waals surface area contributed by atoms with Gasteiger partial charge in [-0.05, 0) is 69.2 Å². The van der Waals surface area contributed by atoms with E-state index in [1.54, 1.807) is 0 Å². The van der Waals surface area contributed by atoms with Crippen LogP contribution in [-0.4, -0.2) is 19.3 Å². The highest BCUT2D eigenvalue weighted by Crippen LogP contribution is 2.44. The molecular weight excluding hydrogens is 275 g/mol. The summed E-state index contributed by atoms with van der Waals surface area (Å²) >= 11 is 0. The van der Waals surface area contributed by atoms with Crippen molar-refractivity contribution in [2.24, 2.45) is 29.6 Å². The molecule has 0 aromatic rings. The Hall–Kier alpha value is -0.250. The SMILES string of the molecule is CNC(C1CC(C)CC(C)C1)C1CCCC(C(F)(F)F)C1. The van der Waals surface area contributed by atoms with Crippen LogP contribution in [0.1, 0.15) is 58.8 Å². The van der Waals surface area contributed by atoms with Gasteiger partial charge >= 0.3 is 6.18 Å². The number of nitrogens with one attached hydrogen (secondary N) is 1. The van der Waals surface area contributed by atoms with Gasteiger partial charge < -0.3 is 5.32 Å². The summed E-state index contributed by atoms with van der Waals surface area (Å²) in [5.41, 5.74) is 0. The average molecular weight is 305 g/mol. The normalized spacial score (nSPS) is 40.0. The summed E-state index contributed by atoms with van der Waals surface area (Å²) in [6.07, 6.45) is 1.93. The van der Waals surface area contributed by atoms with Crippen LogP contribution in [0.2, 0.25) is 0 Å². The van der Waals surface area contributed by atoms with Gasteiger partial charge in [0.25, 0.3) is 0 Å². The zero-order valence-electron chi connectivity index (χ0n) is 13.5. The Morgan fingerprint density at radius 2 is 1.52 bits per heavy atom. The zero-order chi connectivity index (χ0) is 15.6. The lowest BCUT2D eigenvalue weighted by Gasteiger charge is -2.42. The van der Waals surface area contributed by atoms with Crippen molar-refractivity contribution < 1.29 is 13.2 Å². The van der Waals surface area contributed by atoms with E-state index in [-0.39, 0.29) is 12.0 Å². The molecule has 1 N–H and O–H groups in total. The second-order valence-corrected chi connectivity index (χ2v) is 7.66. The predicted molar refractivity (Wildman–Crippen MR) is 80.0 cm³/mol. The van der Waals surface area contributed by atoms with E-state index in [0.717, 1.165) is 12.8 Å². The second kappa shape index (κ2) is 6.89. The quantitative estimate of drug-likeness (QED) is 0.772. The number of hydrogen-bond acceptors (Lipinski definition) is 1. The molecule has 5 atom stereocenters. The monoisotopic (exact) mass is 305 g/mol. The molecule has 2 saturated carbocycles. The summed E-state index contributed by atoms with van der Waals surface area (Å²) in [4.78, 5) is 0. The standard InChI is InChI=1S/C17H30F3N/c1-11-7-12(2)9-14(8-11)16(21-3)13-5-4-6-15(10-13)17(18,19)20/h11-16,21H,4-10H2,1-3H3. The van der Waals surface area contributed by atoms with Crippen LogP contribution in [0.4, 0.5) is 13.2 Å². The first-order valence-corrected chi connectivity index (χ1v) is 8.55. The Balaban J connectivity index is 2.03. The van der Waals surface area contributed by atoms with E-state index in [2.05, 4.69) is 19.2 Å². The summed E-state index contributed by atoms with van der Waals surface area (Å²) < 4.78 is 39.1. The molecule has 0 amide bonds. The van der Waals surface area contributed by atoms with Crippen molar-refractivity contribution in [2.75, 3.05) is 7.05 Å². The molecule has 2 fully saturated rings. The smallest absolute Gasteiger partial charge is 0.316 e. The third kappa shape index (κ3) is 4.37. The molecular formula is C17H30F3N. The van der Waals surface area contributed by atoms with Crippen molar-refractivity contribution in [1.82, 2.24) is 5.32 Å². The Labute approximate surface area is 127 Å². The van der Waals surface area contributed by atoms with E-state index in [4.69, 9.17) is 0 Å². The third-order valence-electron chi connectivity index (χ3n) is 5.74. The van der Waals surface area contributed by atoms with E-state index in [1.807, 2.05) is 7.05 Å². The number of rotatable bonds is 3. The lowest BCUT2D eigenvalue weighted by Crippen LogP contribution is -2.46. The summed E-state index contributed by atoms with van der Waals surface area (Å²) in [7, 11) is 1.94. The van der Waals surface area contributed by atoms with Gasteiger partial charge in [0, 0.05) is 6.04 Å². The van der Waals surface area contributed by atoms with E-state index in [9.17, 15) is 13.2 Å². The van der Waals surface area contributed by atoms with Gasteiger partial charge in [0.1, 0.15) is 0 Å². The van der Waals surface area contributed by atoms with Crippen molar-refractivity contribution >= 4 is 0 Å². The van der Waals surface area contributed by atoms with Gasteiger partial charge in [0.2, 0.25) is 0 Å². The maximum absolute atomic E-state index is 13.0.